The summed E-state index contributed by atoms with van der Waals surface area (Å²) in [6.45, 7) is 4.85. The molecule has 1 aliphatic heterocycles. The summed E-state index contributed by atoms with van der Waals surface area (Å²) in [5.41, 5.74) is 0. The Bertz CT molecular complexity index is 395. The Labute approximate surface area is 156 Å². The smallest absolute Gasteiger partial charge is 0.176 e. The highest BCUT2D eigenvalue weighted by atomic mass is 16.3. The van der Waals surface area contributed by atoms with Crippen LogP contribution in [-0.4, -0.2) is 42.1 Å². The van der Waals surface area contributed by atoms with Gasteiger partial charge >= 0.3 is 0 Å². The normalized spacial score (nSPS) is 13.7. The molecule has 0 aliphatic carbocycles. The third-order valence-electron chi connectivity index (χ3n) is 4.91. The summed E-state index contributed by atoms with van der Waals surface area (Å²) in [4.78, 5) is 6.48. The minimum atomic E-state index is 0.180. The molecule has 0 atom stereocenters. The SMILES string of the molecule is CCCCCCCCCCCCCCCC#CC1=NCCN1CCO. The van der Waals surface area contributed by atoms with Crippen molar-refractivity contribution in [3.05, 3.63) is 0 Å². The van der Waals surface area contributed by atoms with E-state index < -0.39 is 0 Å². The second-order valence-corrected chi connectivity index (χ2v) is 7.21. The third kappa shape index (κ3) is 12.1. The highest BCUT2D eigenvalue weighted by molar-refractivity contribution is 5.99. The standard InChI is InChI=1S/C22H40N2O/c1-2-3-4-5-6-7-8-9-10-11-12-13-14-15-16-17-22-23-18-19-24(22)20-21-25/h25H,2-15,18-21H2,1H3. The summed E-state index contributed by atoms with van der Waals surface area (Å²) >= 11 is 0. The number of rotatable bonds is 15. The van der Waals surface area contributed by atoms with Crippen LogP contribution in [0.1, 0.15) is 96.8 Å². The molecule has 0 aromatic carbocycles. The van der Waals surface area contributed by atoms with Gasteiger partial charge in [0.1, 0.15) is 0 Å². The van der Waals surface area contributed by atoms with Crippen molar-refractivity contribution in [2.75, 3.05) is 26.2 Å². The van der Waals surface area contributed by atoms with Gasteiger partial charge in [0.15, 0.2) is 5.84 Å². The fourth-order valence-electron chi connectivity index (χ4n) is 3.31. The van der Waals surface area contributed by atoms with E-state index >= 15 is 0 Å². The first-order chi connectivity index (χ1) is 12.4. The first-order valence-electron chi connectivity index (χ1n) is 10.8. The van der Waals surface area contributed by atoms with Crippen molar-refractivity contribution in [2.24, 2.45) is 4.99 Å². The van der Waals surface area contributed by atoms with Crippen molar-refractivity contribution in [1.29, 1.82) is 0 Å². The lowest BCUT2D eigenvalue weighted by atomic mass is 10.0. The molecule has 0 radical (unpaired) electrons. The van der Waals surface area contributed by atoms with Crippen LogP contribution in [0.5, 0.6) is 0 Å². The number of nitrogens with zero attached hydrogens (tertiary/aromatic N) is 2. The molecule has 3 nitrogen and oxygen atoms in total. The van der Waals surface area contributed by atoms with Crippen LogP contribution >= 0.6 is 0 Å². The summed E-state index contributed by atoms with van der Waals surface area (Å²) in [7, 11) is 0. The minimum Gasteiger partial charge on any atom is -0.395 e. The van der Waals surface area contributed by atoms with Gasteiger partial charge in [-0.2, -0.15) is 0 Å². The second kappa shape index (κ2) is 16.5. The first-order valence-corrected chi connectivity index (χ1v) is 10.8. The van der Waals surface area contributed by atoms with Gasteiger partial charge in [-0.1, -0.05) is 89.9 Å². The average Bonchev–Trinajstić information content (AvgIpc) is 3.06. The van der Waals surface area contributed by atoms with Crippen molar-refractivity contribution in [3.8, 4) is 11.8 Å². The molecule has 1 N–H and O–H groups in total. The Morgan fingerprint density at radius 2 is 1.44 bits per heavy atom. The molecule has 0 saturated carbocycles. The van der Waals surface area contributed by atoms with E-state index in [1.807, 2.05) is 0 Å². The molecule has 0 amide bonds. The Balaban J connectivity index is 1.84. The molecule has 0 aromatic rings. The van der Waals surface area contributed by atoms with Gasteiger partial charge in [0.05, 0.1) is 13.2 Å². The maximum absolute atomic E-state index is 9.00. The van der Waals surface area contributed by atoms with Crippen LogP contribution in [-0.2, 0) is 0 Å². The van der Waals surface area contributed by atoms with E-state index in [2.05, 4.69) is 28.7 Å². The van der Waals surface area contributed by atoms with Gasteiger partial charge in [-0.05, 0) is 12.3 Å². The number of unbranched alkanes of at least 4 members (excludes halogenated alkanes) is 13. The Hall–Kier alpha value is -1.01. The van der Waals surface area contributed by atoms with Gasteiger partial charge in [-0.3, -0.25) is 4.99 Å². The lowest BCUT2D eigenvalue weighted by Gasteiger charge is -2.14. The fourth-order valence-corrected chi connectivity index (χ4v) is 3.31. The number of aliphatic hydroxyl groups is 1. The molecule has 1 rings (SSSR count). The van der Waals surface area contributed by atoms with E-state index in [1.54, 1.807) is 0 Å². The van der Waals surface area contributed by atoms with Crippen LogP contribution < -0.4 is 0 Å². The summed E-state index contributed by atoms with van der Waals surface area (Å²) in [6, 6.07) is 0. The largest absolute Gasteiger partial charge is 0.395 e. The summed E-state index contributed by atoms with van der Waals surface area (Å²) < 4.78 is 0. The molecular weight excluding hydrogens is 308 g/mol. The van der Waals surface area contributed by atoms with Crippen LogP contribution in [0, 0.1) is 11.8 Å². The van der Waals surface area contributed by atoms with E-state index in [1.165, 1.54) is 83.5 Å². The summed E-state index contributed by atoms with van der Waals surface area (Å²) in [5.74, 6) is 7.30. The topological polar surface area (TPSA) is 35.8 Å². The van der Waals surface area contributed by atoms with E-state index in [0.29, 0.717) is 6.54 Å². The number of hydrogen-bond donors (Lipinski definition) is 1. The van der Waals surface area contributed by atoms with Crippen molar-refractivity contribution < 1.29 is 5.11 Å². The van der Waals surface area contributed by atoms with Gasteiger partial charge in [0, 0.05) is 19.5 Å². The van der Waals surface area contributed by atoms with Crippen molar-refractivity contribution in [3.63, 3.8) is 0 Å². The Morgan fingerprint density at radius 1 is 0.880 bits per heavy atom. The highest BCUT2D eigenvalue weighted by Gasteiger charge is 2.13. The van der Waals surface area contributed by atoms with Crippen LogP contribution in [0.2, 0.25) is 0 Å². The average molecular weight is 349 g/mol. The number of hydrogen-bond acceptors (Lipinski definition) is 3. The minimum absolute atomic E-state index is 0.180. The summed E-state index contributed by atoms with van der Waals surface area (Å²) in [6.07, 6.45) is 19.0. The lowest BCUT2D eigenvalue weighted by molar-refractivity contribution is 0.257. The molecule has 0 aromatic heterocycles. The molecule has 0 unspecified atom stereocenters. The van der Waals surface area contributed by atoms with Crippen molar-refractivity contribution >= 4 is 5.84 Å². The maximum atomic E-state index is 9.00. The molecule has 3 heteroatoms. The molecule has 25 heavy (non-hydrogen) atoms. The second-order valence-electron chi connectivity index (χ2n) is 7.21. The number of amidine groups is 1. The zero-order chi connectivity index (χ0) is 18.0. The number of aliphatic imine (C=N–C) groups is 1. The molecule has 0 spiro atoms. The monoisotopic (exact) mass is 348 g/mol. The highest BCUT2D eigenvalue weighted by Crippen LogP contribution is 2.12. The van der Waals surface area contributed by atoms with E-state index in [4.69, 9.17) is 5.11 Å². The quantitative estimate of drug-likeness (QED) is 0.327. The molecule has 0 bridgehead atoms. The lowest BCUT2D eigenvalue weighted by Crippen LogP contribution is -2.29. The van der Waals surface area contributed by atoms with Gasteiger partial charge in [-0.15, -0.1) is 0 Å². The fraction of sp³-hybridized carbons (Fsp3) is 0.864. The number of aliphatic hydroxyl groups excluding tert-OH is 1. The van der Waals surface area contributed by atoms with Crippen molar-refractivity contribution in [2.45, 2.75) is 96.8 Å². The summed E-state index contributed by atoms with van der Waals surface area (Å²) in [5, 5.41) is 9.00. The first kappa shape index (κ1) is 22.0. The predicted octanol–water partition coefficient (Wildman–Crippen LogP) is 5.18. The molecule has 0 fully saturated rings. The number of β-amino-alcohol motifs (C(OH)–C–C–N with tert-alkyl or cyclic N) is 1. The van der Waals surface area contributed by atoms with Gasteiger partial charge in [0.25, 0.3) is 0 Å². The zero-order valence-corrected chi connectivity index (χ0v) is 16.6. The maximum Gasteiger partial charge on any atom is 0.176 e. The van der Waals surface area contributed by atoms with Crippen LogP contribution in [0.15, 0.2) is 4.99 Å². The molecule has 144 valence electrons. The van der Waals surface area contributed by atoms with Crippen LogP contribution in [0.25, 0.3) is 0 Å². The Morgan fingerprint density at radius 3 is 2.00 bits per heavy atom. The van der Waals surface area contributed by atoms with E-state index in [-0.39, 0.29) is 6.61 Å². The molecular formula is C22H40N2O. The van der Waals surface area contributed by atoms with E-state index in [0.717, 1.165) is 25.3 Å². The van der Waals surface area contributed by atoms with Gasteiger partial charge < -0.3 is 10.0 Å². The van der Waals surface area contributed by atoms with Crippen molar-refractivity contribution in [1.82, 2.24) is 4.90 Å². The van der Waals surface area contributed by atoms with Crippen LogP contribution in [0.3, 0.4) is 0 Å². The zero-order valence-electron chi connectivity index (χ0n) is 16.6. The third-order valence-corrected chi connectivity index (χ3v) is 4.91. The van der Waals surface area contributed by atoms with Gasteiger partial charge in [0.2, 0.25) is 0 Å². The molecule has 1 aliphatic rings. The predicted molar refractivity (Wildman–Crippen MR) is 109 cm³/mol. The molecule has 1 heterocycles. The molecule has 0 saturated heterocycles. The Kier molecular flexibility index (Phi) is 14.5. The van der Waals surface area contributed by atoms with Gasteiger partial charge in [-0.25, -0.2) is 0 Å². The van der Waals surface area contributed by atoms with Crippen LogP contribution in [0.4, 0.5) is 0 Å². The van der Waals surface area contributed by atoms with E-state index in [9.17, 15) is 0 Å².